The number of hydrogen-bond acceptors (Lipinski definition) is 5. The largest absolute Gasteiger partial charge is 0.497 e. The molecule has 2 aromatic rings. The van der Waals surface area contributed by atoms with Crippen LogP contribution in [-0.2, 0) is 26.2 Å². The number of nitrogens with one attached hydrogen (secondary N) is 1. The van der Waals surface area contributed by atoms with Gasteiger partial charge in [0, 0.05) is 13.1 Å². The highest BCUT2D eigenvalue weighted by Gasteiger charge is 2.30. The van der Waals surface area contributed by atoms with Gasteiger partial charge in [0.1, 0.15) is 24.2 Å². The van der Waals surface area contributed by atoms with Crippen molar-refractivity contribution in [3.63, 3.8) is 0 Å². The number of sulfonamides is 1. The summed E-state index contributed by atoms with van der Waals surface area (Å²) in [5.41, 5.74) is 0.857. The van der Waals surface area contributed by atoms with Crippen LogP contribution in [0, 0.1) is 5.82 Å². The van der Waals surface area contributed by atoms with E-state index in [0.29, 0.717) is 17.9 Å². The number of hydrogen-bond donors (Lipinski definition) is 1. The Morgan fingerprint density at radius 1 is 1.16 bits per heavy atom. The van der Waals surface area contributed by atoms with Crippen molar-refractivity contribution in [2.45, 2.75) is 26.4 Å². The van der Waals surface area contributed by atoms with Gasteiger partial charge in [0.25, 0.3) is 0 Å². The molecule has 0 aromatic heterocycles. The molecule has 0 saturated heterocycles. The number of benzene rings is 2. The van der Waals surface area contributed by atoms with E-state index >= 15 is 0 Å². The van der Waals surface area contributed by atoms with Gasteiger partial charge in [-0.05, 0) is 55.8 Å². The average molecular weight is 466 g/mol. The lowest BCUT2D eigenvalue weighted by molar-refractivity contribution is -0.139. The van der Waals surface area contributed by atoms with Crippen LogP contribution in [0.15, 0.2) is 48.5 Å². The molecule has 0 aliphatic carbocycles. The summed E-state index contributed by atoms with van der Waals surface area (Å²) in [6, 6.07) is 11.0. The molecular weight excluding hydrogens is 437 g/mol. The Hall–Kier alpha value is -3.14. The molecule has 1 N–H and O–H groups in total. The summed E-state index contributed by atoms with van der Waals surface area (Å²) in [6.45, 7) is 3.24. The summed E-state index contributed by atoms with van der Waals surface area (Å²) in [4.78, 5) is 27.1. The number of halogens is 1. The van der Waals surface area contributed by atoms with Gasteiger partial charge >= 0.3 is 0 Å². The SMILES string of the molecule is CCNC(=O)[C@@H](C)N(Cc1cccc(OC)c1)C(=O)CN(c1ccc(F)cc1)S(C)(=O)=O. The van der Waals surface area contributed by atoms with E-state index < -0.39 is 34.3 Å². The molecule has 0 fully saturated rings. The molecule has 0 aliphatic heterocycles. The monoisotopic (exact) mass is 465 g/mol. The van der Waals surface area contributed by atoms with Crippen molar-refractivity contribution in [2.24, 2.45) is 0 Å². The number of carbonyl (C=O) groups is 2. The fourth-order valence-corrected chi connectivity index (χ4v) is 3.94. The fraction of sp³-hybridized carbons (Fsp3) is 0.364. The maximum absolute atomic E-state index is 13.3. The van der Waals surface area contributed by atoms with Gasteiger partial charge < -0.3 is 15.0 Å². The maximum atomic E-state index is 13.3. The second-order valence-electron chi connectivity index (χ2n) is 7.19. The smallest absolute Gasteiger partial charge is 0.244 e. The first kappa shape index (κ1) is 25.1. The van der Waals surface area contributed by atoms with E-state index in [4.69, 9.17) is 4.74 Å². The molecule has 1 atom stereocenters. The number of methoxy groups -OCH3 is 1. The summed E-state index contributed by atoms with van der Waals surface area (Å²) in [7, 11) is -2.34. The Morgan fingerprint density at radius 3 is 2.38 bits per heavy atom. The zero-order valence-electron chi connectivity index (χ0n) is 18.5. The molecule has 10 heteroatoms. The van der Waals surface area contributed by atoms with Gasteiger partial charge in [0.15, 0.2) is 0 Å². The highest BCUT2D eigenvalue weighted by Crippen LogP contribution is 2.20. The van der Waals surface area contributed by atoms with Gasteiger partial charge in [-0.2, -0.15) is 0 Å². The molecule has 174 valence electrons. The van der Waals surface area contributed by atoms with E-state index in [2.05, 4.69) is 5.32 Å². The molecule has 8 nitrogen and oxygen atoms in total. The van der Waals surface area contributed by atoms with Crippen molar-refractivity contribution in [2.75, 3.05) is 30.8 Å². The first-order valence-electron chi connectivity index (χ1n) is 10.00. The standard InChI is InChI=1S/C22H28FN3O5S/c1-5-24-22(28)16(2)25(14-17-7-6-8-20(13-17)31-3)21(27)15-26(32(4,29)30)19-11-9-18(23)10-12-19/h6-13,16H,5,14-15H2,1-4H3,(H,24,28)/t16-/m1/s1. The first-order valence-corrected chi connectivity index (χ1v) is 11.8. The normalized spacial score (nSPS) is 12.0. The number of rotatable bonds is 10. The predicted molar refractivity (Wildman–Crippen MR) is 120 cm³/mol. The molecule has 0 bridgehead atoms. The zero-order valence-corrected chi connectivity index (χ0v) is 19.4. The molecule has 2 aromatic carbocycles. The van der Waals surface area contributed by atoms with Gasteiger partial charge in [-0.1, -0.05) is 12.1 Å². The third-order valence-electron chi connectivity index (χ3n) is 4.80. The minimum absolute atomic E-state index is 0.0648. The molecule has 0 saturated carbocycles. The second kappa shape index (κ2) is 10.9. The molecule has 0 radical (unpaired) electrons. The molecule has 0 unspecified atom stereocenters. The Kier molecular flexibility index (Phi) is 8.59. The van der Waals surface area contributed by atoms with Crippen molar-refractivity contribution in [3.8, 4) is 5.75 Å². The number of likely N-dealkylation sites (N-methyl/N-ethyl adjacent to an activating group) is 1. The van der Waals surface area contributed by atoms with E-state index in [1.54, 1.807) is 38.1 Å². The van der Waals surface area contributed by atoms with Crippen LogP contribution in [0.25, 0.3) is 0 Å². The van der Waals surface area contributed by atoms with E-state index in [9.17, 15) is 22.4 Å². The number of ether oxygens (including phenoxy) is 1. The van der Waals surface area contributed by atoms with Gasteiger partial charge in [-0.15, -0.1) is 0 Å². The van der Waals surface area contributed by atoms with Crippen molar-refractivity contribution in [3.05, 3.63) is 59.9 Å². The molecule has 0 spiro atoms. The first-order chi connectivity index (χ1) is 15.1. The van der Waals surface area contributed by atoms with E-state index in [1.165, 1.54) is 24.1 Å². The van der Waals surface area contributed by atoms with Gasteiger partial charge in [-0.25, -0.2) is 12.8 Å². The van der Waals surface area contributed by atoms with E-state index in [-0.39, 0.29) is 18.1 Å². The van der Waals surface area contributed by atoms with Crippen LogP contribution in [0.3, 0.4) is 0 Å². The van der Waals surface area contributed by atoms with Crippen LogP contribution in [0.2, 0.25) is 0 Å². The Balaban J connectivity index is 2.38. The third-order valence-corrected chi connectivity index (χ3v) is 5.94. The highest BCUT2D eigenvalue weighted by molar-refractivity contribution is 7.92. The fourth-order valence-electron chi connectivity index (χ4n) is 3.09. The van der Waals surface area contributed by atoms with Crippen LogP contribution < -0.4 is 14.4 Å². The Bertz CT molecular complexity index is 1040. The van der Waals surface area contributed by atoms with Crippen LogP contribution in [0.5, 0.6) is 5.75 Å². The zero-order chi connectivity index (χ0) is 23.9. The van der Waals surface area contributed by atoms with Gasteiger partial charge in [0.2, 0.25) is 21.8 Å². The van der Waals surface area contributed by atoms with E-state index in [1.807, 2.05) is 0 Å². The van der Waals surface area contributed by atoms with E-state index in [0.717, 1.165) is 22.7 Å². The van der Waals surface area contributed by atoms with Crippen molar-refractivity contribution in [1.82, 2.24) is 10.2 Å². The van der Waals surface area contributed by atoms with Gasteiger partial charge in [-0.3, -0.25) is 13.9 Å². The minimum Gasteiger partial charge on any atom is -0.497 e. The lowest BCUT2D eigenvalue weighted by atomic mass is 10.1. The number of carbonyl (C=O) groups excluding carboxylic acids is 2. The second-order valence-corrected chi connectivity index (χ2v) is 9.10. The molecular formula is C22H28FN3O5S. The van der Waals surface area contributed by atoms with Crippen molar-refractivity contribution < 1.29 is 27.1 Å². The lowest BCUT2D eigenvalue weighted by Crippen LogP contribution is -2.51. The summed E-state index contributed by atoms with van der Waals surface area (Å²) in [6.07, 6.45) is 0.962. The lowest BCUT2D eigenvalue weighted by Gasteiger charge is -2.31. The topological polar surface area (TPSA) is 96.0 Å². The average Bonchev–Trinajstić information content (AvgIpc) is 2.75. The Labute approximate surface area is 188 Å². The third kappa shape index (κ3) is 6.68. The van der Waals surface area contributed by atoms with Crippen molar-refractivity contribution >= 4 is 27.5 Å². The summed E-state index contributed by atoms with van der Waals surface area (Å²) in [5, 5.41) is 2.68. The summed E-state index contributed by atoms with van der Waals surface area (Å²) >= 11 is 0. The molecule has 2 rings (SSSR count). The maximum Gasteiger partial charge on any atom is 0.244 e. The number of anilines is 1. The van der Waals surface area contributed by atoms with Crippen molar-refractivity contribution in [1.29, 1.82) is 0 Å². The van der Waals surface area contributed by atoms with Gasteiger partial charge in [0.05, 0.1) is 19.1 Å². The van der Waals surface area contributed by atoms with Crippen LogP contribution in [0.4, 0.5) is 10.1 Å². The molecule has 32 heavy (non-hydrogen) atoms. The predicted octanol–water partition coefficient (Wildman–Crippen LogP) is 2.15. The minimum atomic E-state index is -3.86. The number of amides is 2. The van der Waals surface area contributed by atoms with Crippen LogP contribution in [-0.4, -0.2) is 57.6 Å². The molecule has 0 aliphatic rings. The molecule has 2 amide bonds. The Morgan fingerprint density at radius 2 is 1.81 bits per heavy atom. The number of nitrogens with zero attached hydrogens (tertiary/aromatic N) is 2. The highest BCUT2D eigenvalue weighted by atomic mass is 32.2. The molecule has 0 heterocycles. The van der Waals surface area contributed by atoms with Crippen LogP contribution >= 0.6 is 0 Å². The summed E-state index contributed by atoms with van der Waals surface area (Å²) < 4.78 is 44.2. The summed E-state index contributed by atoms with van der Waals surface area (Å²) in [5.74, 6) is -0.888. The quantitative estimate of drug-likeness (QED) is 0.580. The van der Waals surface area contributed by atoms with Crippen LogP contribution in [0.1, 0.15) is 19.4 Å².